The van der Waals surface area contributed by atoms with Crippen molar-refractivity contribution in [1.29, 1.82) is 0 Å². The molecule has 14 heavy (non-hydrogen) atoms. The van der Waals surface area contributed by atoms with E-state index in [9.17, 15) is 4.79 Å². The maximum atomic E-state index is 11.9. The lowest BCUT2D eigenvalue weighted by Gasteiger charge is -2.33. The number of carbonyl (C=O) groups is 1. The standard InChI is InChI=1S/C11H20ClNO/c1-11(2,8-12)10(14)13(3)7-9-5-4-6-9/h9H,4-8H2,1-3H3. The lowest BCUT2D eigenvalue weighted by atomic mass is 9.84. The van der Waals surface area contributed by atoms with Gasteiger partial charge in [-0.25, -0.2) is 0 Å². The number of hydrogen-bond acceptors (Lipinski definition) is 1. The zero-order valence-electron chi connectivity index (χ0n) is 9.35. The van der Waals surface area contributed by atoms with Crippen LogP contribution in [-0.2, 0) is 4.79 Å². The highest BCUT2D eigenvalue weighted by Crippen LogP contribution is 2.28. The fraction of sp³-hybridized carbons (Fsp3) is 0.909. The molecule has 0 heterocycles. The zero-order chi connectivity index (χ0) is 10.8. The monoisotopic (exact) mass is 217 g/mol. The van der Waals surface area contributed by atoms with Crippen molar-refractivity contribution in [2.45, 2.75) is 33.1 Å². The lowest BCUT2D eigenvalue weighted by molar-refractivity contribution is -0.138. The Balaban J connectivity index is 2.42. The molecular weight excluding hydrogens is 198 g/mol. The number of halogens is 1. The van der Waals surface area contributed by atoms with Crippen LogP contribution < -0.4 is 0 Å². The number of amides is 1. The van der Waals surface area contributed by atoms with Crippen molar-refractivity contribution in [3.63, 3.8) is 0 Å². The van der Waals surface area contributed by atoms with Gasteiger partial charge in [0.05, 0.1) is 5.41 Å². The molecule has 0 spiro atoms. The second kappa shape index (κ2) is 4.52. The number of nitrogens with zero attached hydrogens (tertiary/aromatic N) is 1. The molecule has 0 aromatic heterocycles. The molecule has 0 radical (unpaired) electrons. The molecule has 2 nitrogen and oxygen atoms in total. The second-order valence-electron chi connectivity index (χ2n) is 5.00. The van der Waals surface area contributed by atoms with E-state index >= 15 is 0 Å². The van der Waals surface area contributed by atoms with Crippen molar-refractivity contribution in [2.24, 2.45) is 11.3 Å². The van der Waals surface area contributed by atoms with Crippen LogP contribution in [0.2, 0.25) is 0 Å². The highest BCUT2D eigenvalue weighted by molar-refractivity contribution is 6.19. The molecule has 3 heteroatoms. The van der Waals surface area contributed by atoms with Gasteiger partial charge in [-0.15, -0.1) is 11.6 Å². The summed E-state index contributed by atoms with van der Waals surface area (Å²) in [7, 11) is 1.88. The van der Waals surface area contributed by atoms with E-state index in [1.54, 1.807) is 0 Å². The molecule has 1 aliphatic rings. The molecule has 82 valence electrons. The minimum absolute atomic E-state index is 0.166. The van der Waals surface area contributed by atoms with E-state index in [-0.39, 0.29) is 5.91 Å². The fourth-order valence-electron chi connectivity index (χ4n) is 1.72. The molecule has 0 bridgehead atoms. The van der Waals surface area contributed by atoms with E-state index in [0.29, 0.717) is 5.88 Å². The van der Waals surface area contributed by atoms with Gasteiger partial charge in [-0.05, 0) is 32.6 Å². The Morgan fingerprint density at radius 1 is 1.50 bits per heavy atom. The predicted molar refractivity (Wildman–Crippen MR) is 59.5 cm³/mol. The summed E-state index contributed by atoms with van der Waals surface area (Å²) < 4.78 is 0. The summed E-state index contributed by atoms with van der Waals surface area (Å²) in [4.78, 5) is 13.8. The van der Waals surface area contributed by atoms with Gasteiger partial charge in [0, 0.05) is 19.5 Å². The molecule has 0 saturated heterocycles. The Morgan fingerprint density at radius 3 is 2.43 bits per heavy atom. The van der Waals surface area contributed by atoms with Crippen molar-refractivity contribution in [2.75, 3.05) is 19.5 Å². The van der Waals surface area contributed by atoms with Crippen LogP contribution in [-0.4, -0.2) is 30.3 Å². The highest BCUT2D eigenvalue weighted by atomic mass is 35.5. The van der Waals surface area contributed by atoms with Crippen molar-refractivity contribution in [3.05, 3.63) is 0 Å². The van der Waals surface area contributed by atoms with Crippen molar-refractivity contribution in [1.82, 2.24) is 4.90 Å². The van der Waals surface area contributed by atoms with Gasteiger partial charge >= 0.3 is 0 Å². The molecular formula is C11H20ClNO. The first-order valence-corrected chi connectivity index (χ1v) is 5.82. The minimum Gasteiger partial charge on any atom is -0.345 e. The smallest absolute Gasteiger partial charge is 0.229 e. The minimum atomic E-state index is -0.417. The second-order valence-corrected chi connectivity index (χ2v) is 5.27. The SMILES string of the molecule is CN(CC1CCC1)C(=O)C(C)(C)CCl. The fourth-order valence-corrected chi connectivity index (χ4v) is 1.83. The number of carbonyl (C=O) groups excluding carboxylic acids is 1. The van der Waals surface area contributed by atoms with Gasteiger partial charge in [0.15, 0.2) is 0 Å². The molecule has 1 saturated carbocycles. The Morgan fingerprint density at radius 2 is 2.07 bits per heavy atom. The molecule has 1 fully saturated rings. The van der Waals surface area contributed by atoms with Crippen LogP contribution in [0.4, 0.5) is 0 Å². The molecule has 1 rings (SSSR count). The average molecular weight is 218 g/mol. The van der Waals surface area contributed by atoms with Crippen LogP contribution in [0.3, 0.4) is 0 Å². The van der Waals surface area contributed by atoms with E-state index in [1.165, 1.54) is 19.3 Å². The van der Waals surface area contributed by atoms with Crippen LogP contribution in [0.1, 0.15) is 33.1 Å². The third-order valence-corrected chi connectivity index (χ3v) is 3.68. The molecule has 0 atom stereocenters. The lowest BCUT2D eigenvalue weighted by Crippen LogP contribution is -2.42. The Kier molecular flexibility index (Phi) is 3.82. The normalized spacial score (nSPS) is 17.7. The summed E-state index contributed by atoms with van der Waals surface area (Å²) in [5.41, 5.74) is -0.417. The first kappa shape index (κ1) is 11.8. The van der Waals surface area contributed by atoms with Crippen LogP contribution >= 0.6 is 11.6 Å². The van der Waals surface area contributed by atoms with E-state index in [2.05, 4.69) is 0 Å². The number of hydrogen-bond donors (Lipinski definition) is 0. The molecule has 0 aliphatic heterocycles. The summed E-state index contributed by atoms with van der Waals surface area (Å²) in [6.07, 6.45) is 3.88. The summed E-state index contributed by atoms with van der Waals surface area (Å²) >= 11 is 5.77. The Hall–Kier alpha value is -0.240. The maximum absolute atomic E-state index is 11.9. The third kappa shape index (κ3) is 2.63. The van der Waals surface area contributed by atoms with Gasteiger partial charge in [-0.3, -0.25) is 4.79 Å². The third-order valence-electron chi connectivity index (χ3n) is 3.02. The summed E-state index contributed by atoms with van der Waals surface area (Å²) in [5, 5.41) is 0. The van der Waals surface area contributed by atoms with Gasteiger partial charge in [-0.1, -0.05) is 6.42 Å². The Bertz CT molecular complexity index is 211. The van der Waals surface area contributed by atoms with Crippen LogP contribution in [0, 0.1) is 11.3 Å². The molecule has 0 unspecified atom stereocenters. The molecule has 0 N–H and O–H groups in total. The topological polar surface area (TPSA) is 20.3 Å². The van der Waals surface area contributed by atoms with Crippen molar-refractivity contribution < 1.29 is 4.79 Å². The van der Waals surface area contributed by atoms with Crippen LogP contribution in [0.5, 0.6) is 0 Å². The predicted octanol–water partition coefficient (Wildman–Crippen LogP) is 2.51. The molecule has 1 amide bonds. The molecule has 1 aliphatic carbocycles. The average Bonchev–Trinajstić information content (AvgIpc) is 2.09. The summed E-state index contributed by atoms with van der Waals surface area (Å²) in [6, 6.07) is 0. The van der Waals surface area contributed by atoms with Gasteiger partial charge in [0.1, 0.15) is 0 Å². The molecule has 0 aromatic carbocycles. The zero-order valence-corrected chi connectivity index (χ0v) is 10.1. The van der Waals surface area contributed by atoms with E-state index < -0.39 is 5.41 Å². The first-order valence-electron chi connectivity index (χ1n) is 5.29. The van der Waals surface area contributed by atoms with Crippen molar-refractivity contribution >= 4 is 17.5 Å². The Labute approximate surface area is 91.6 Å². The molecule has 0 aromatic rings. The van der Waals surface area contributed by atoms with Crippen LogP contribution in [0.25, 0.3) is 0 Å². The highest BCUT2D eigenvalue weighted by Gasteiger charge is 2.31. The largest absolute Gasteiger partial charge is 0.345 e. The van der Waals surface area contributed by atoms with E-state index in [1.807, 2.05) is 25.8 Å². The van der Waals surface area contributed by atoms with Gasteiger partial charge in [0.25, 0.3) is 0 Å². The maximum Gasteiger partial charge on any atom is 0.229 e. The first-order chi connectivity index (χ1) is 6.47. The quantitative estimate of drug-likeness (QED) is 0.663. The van der Waals surface area contributed by atoms with Gasteiger partial charge in [0.2, 0.25) is 5.91 Å². The van der Waals surface area contributed by atoms with Gasteiger partial charge < -0.3 is 4.90 Å². The summed E-state index contributed by atoms with van der Waals surface area (Å²) in [6.45, 7) is 4.71. The van der Waals surface area contributed by atoms with E-state index in [4.69, 9.17) is 11.6 Å². The number of rotatable bonds is 4. The van der Waals surface area contributed by atoms with Crippen molar-refractivity contribution in [3.8, 4) is 0 Å². The summed E-state index contributed by atoms with van der Waals surface area (Å²) in [5.74, 6) is 1.29. The van der Waals surface area contributed by atoms with Gasteiger partial charge in [-0.2, -0.15) is 0 Å². The number of alkyl halides is 1. The van der Waals surface area contributed by atoms with Crippen LogP contribution in [0.15, 0.2) is 0 Å². The van der Waals surface area contributed by atoms with E-state index in [0.717, 1.165) is 12.5 Å².